The maximum absolute atomic E-state index is 12.7. The third-order valence-electron chi connectivity index (χ3n) is 3.36. The minimum atomic E-state index is -1.32. The number of esters is 1. The number of amides is 1. The Bertz CT molecular complexity index is 747. The molecule has 0 fully saturated rings. The topological polar surface area (TPSA) is 93.1 Å². The van der Waals surface area contributed by atoms with Crippen LogP contribution in [0.5, 0.6) is 0 Å². The second-order valence-corrected chi connectivity index (χ2v) is 10.4. The molecule has 162 valence electrons. The van der Waals surface area contributed by atoms with Gasteiger partial charge in [0.15, 0.2) is 0 Å². The minimum Gasteiger partial charge on any atom is -0.480 e. The monoisotopic (exact) mass is 535 g/mol. The van der Waals surface area contributed by atoms with Gasteiger partial charge in [-0.1, -0.05) is 31.9 Å². The van der Waals surface area contributed by atoms with Gasteiger partial charge in [-0.05, 0) is 65.3 Å². The molecule has 0 unspecified atom stereocenters. The van der Waals surface area contributed by atoms with E-state index in [2.05, 4.69) is 31.9 Å². The summed E-state index contributed by atoms with van der Waals surface area (Å²) in [5.41, 5.74) is -0.966. The number of halogens is 2. The molecule has 0 spiro atoms. The molecule has 0 aliphatic heterocycles. The Kier molecular flexibility index (Phi) is 8.71. The first-order chi connectivity index (χ1) is 13.1. The largest absolute Gasteiger partial charge is 0.480 e. The van der Waals surface area contributed by atoms with Crippen LogP contribution in [0.4, 0.5) is 4.79 Å². The molecule has 0 heterocycles. The van der Waals surface area contributed by atoms with Crippen molar-refractivity contribution in [3.8, 4) is 0 Å². The second kappa shape index (κ2) is 9.93. The number of hydrogen-bond acceptors (Lipinski definition) is 5. The molecule has 0 bridgehead atoms. The molecule has 0 saturated carbocycles. The molecule has 0 aromatic heterocycles. The zero-order valence-corrected chi connectivity index (χ0v) is 20.6. The van der Waals surface area contributed by atoms with E-state index in [4.69, 9.17) is 9.47 Å². The summed E-state index contributed by atoms with van der Waals surface area (Å²) < 4.78 is 12.1. The molecule has 1 atom stereocenters. The van der Waals surface area contributed by atoms with Gasteiger partial charge in [0.1, 0.15) is 23.8 Å². The fraction of sp³-hybridized carbons (Fsp3) is 0.550. The number of carboxylic acids is 1. The van der Waals surface area contributed by atoms with Crippen LogP contribution in [0.3, 0.4) is 0 Å². The SMILES string of the molecule is CC(C)(C)OC(=O)CN(C(=O)OC(C)(C)C)[C@@H](Cc1cc(Br)cc(Br)c1)C(=O)O. The summed E-state index contributed by atoms with van der Waals surface area (Å²) in [5, 5.41) is 9.81. The Balaban J connectivity index is 3.23. The first-order valence-corrected chi connectivity index (χ1v) is 10.6. The Labute approximate surface area is 188 Å². The highest BCUT2D eigenvalue weighted by molar-refractivity contribution is 9.11. The number of carbonyl (C=O) groups excluding carboxylic acids is 2. The summed E-state index contributed by atoms with van der Waals surface area (Å²) in [5.74, 6) is -1.97. The van der Waals surface area contributed by atoms with Gasteiger partial charge in [-0.15, -0.1) is 0 Å². The summed E-state index contributed by atoms with van der Waals surface area (Å²) in [4.78, 5) is 38.0. The standard InChI is InChI=1S/C20H27Br2NO6/c1-19(2,3)28-16(24)11-23(18(27)29-20(4,5)6)15(17(25)26)9-12-7-13(21)10-14(22)8-12/h7-8,10,15H,9,11H2,1-6H3,(H,25,26)/t15-/m0/s1. The van der Waals surface area contributed by atoms with Crippen molar-refractivity contribution in [2.24, 2.45) is 0 Å². The average Bonchev–Trinajstić information content (AvgIpc) is 2.45. The number of carboxylic acid groups (broad SMARTS) is 1. The van der Waals surface area contributed by atoms with Crippen molar-refractivity contribution in [2.75, 3.05) is 6.54 Å². The lowest BCUT2D eigenvalue weighted by Gasteiger charge is -2.32. The number of rotatable bonds is 6. The van der Waals surface area contributed by atoms with Crippen molar-refractivity contribution in [1.29, 1.82) is 0 Å². The second-order valence-electron chi connectivity index (χ2n) is 8.53. The van der Waals surface area contributed by atoms with Gasteiger partial charge in [-0.2, -0.15) is 0 Å². The molecule has 0 saturated heterocycles. The lowest BCUT2D eigenvalue weighted by Crippen LogP contribution is -2.51. The van der Waals surface area contributed by atoms with Crippen LogP contribution in [0.2, 0.25) is 0 Å². The molecule has 1 aromatic rings. The van der Waals surface area contributed by atoms with E-state index >= 15 is 0 Å². The lowest BCUT2D eigenvalue weighted by molar-refractivity contribution is -0.157. The van der Waals surface area contributed by atoms with Crippen molar-refractivity contribution in [2.45, 2.75) is 65.2 Å². The minimum absolute atomic E-state index is 0.0184. The van der Waals surface area contributed by atoms with Gasteiger partial charge in [0.2, 0.25) is 0 Å². The third-order valence-corrected chi connectivity index (χ3v) is 4.28. The summed E-state index contributed by atoms with van der Waals surface area (Å²) in [7, 11) is 0. The van der Waals surface area contributed by atoms with E-state index in [1.165, 1.54) is 0 Å². The molecular weight excluding hydrogens is 510 g/mol. The lowest BCUT2D eigenvalue weighted by atomic mass is 10.0. The number of aliphatic carboxylic acids is 1. The molecule has 1 N–H and O–H groups in total. The summed E-state index contributed by atoms with van der Waals surface area (Å²) >= 11 is 6.72. The van der Waals surface area contributed by atoms with Gasteiger partial charge in [0, 0.05) is 15.4 Å². The number of nitrogens with zero attached hydrogens (tertiary/aromatic N) is 1. The van der Waals surface area contributed by atoms with Gasteiger partial charge in [-0.25, -0.2) is 9.59 Å². The zero-order chi connectivity index (χ0) is 22.6. The number of carbonyl (C=O) groups is 3. The van der Waals surface area contributed by atoms with Crippen LogP contribution in [0.15, 0.2) is 27.1 Å². The fourth-order valence-electron chi connectivity index (χ4n) is 2.42. The molecule has 1 amide bonds. The Hall–Kier alpha value is -1.61. The first kappa shape index (κ1) is 25.4. The van der Waals surface area contributed by atoms with Crippen molar-refractivity contribution >= 4 is 49.9 Å². The molecule has 7 nitrogen and oxygen atoms in total. The van der Waals surface area contributed by atoms with Crippen molar-refractivity contribution in [1.82, 2.24) is 4.90 Å². The third kappa shape index (κ3) is 9.62. The molecule has 9 heteroatoms. The van der Waals surface area contributed by atoms with E-state index in [0.717, 1.165) is 13.8 Å². The van der Waals surface area contributed by atoms with E-state index in [1.807, 2.05) is 6.07 Å². The van der Waals surface area contributed by atoms with Gasteiger partial charge in [-0.3, -0.25) is 9.69 Å². The Morgan fingerprint density at radius 3 is 1.86 bits per heavy atom. The highest BCUT2D eigenvalue weighted by Gasteiger charge is 2.35. The van der Waals surface area contributed by atoms with E-state index < -0.39 is 41.8 Å². The van der Waals surface area contributed by atoms with E-state index in [1.54, 1.807) is 53.7 Å². The normalized spacial score (nSPS) is 12.8. The van der Waals surface area contributed by atoms with Crippen molar-refractivity contribution < 1.29 is 29.0 Å². The number of benzene rings is 1. The van der Waals surface area contributed by atoms with Crippen LogP contribution < -0.4 is 0 Å². The van der Waals surface area contributed by atoms with Gasteiger partial charge >= 0.3 is 18.0 Å². The van der Waals surface area contributed by atoms with Crippen LogP contribution in [-0.4, -0.2) is 51.8 Å². The molecule has 0 aliphatic rings. The maximum Gasteiger partial charge on any atom is 0.411 e. The quantitative estimate of drug-likeness (QED) is 0.525. The summed E-state index contributed by atoms with van der Waals surface area (Å²) in [6.45, 7) is 9.52. The van der Waals surface area contributed by atoms with Crippen LogP contribution >= 0.6 is 31.9 Å². The smallest absolute Gasteiger partial charge is 0.411 e. The van der Waals surface area contributed by atoms with Crippen molar-refractivity contribution in [3.63, 3.8) is 0 Å². The summed E-state index contributed by atoms with van der Waals surface area (Å²) in [6.07, 6.45) is -0.917. The fourth-order valence-corrected chi connectivity index (χ4v) is 3.81. The highest BCUT2D eigenvalue weighted by Crippen LogP contribution is 2.23. The molecule has 1 aromatic carbocycles. The molecule has 1 rings (SSSR count). The van der Waals surface area contributed by atoms with Gasteiger partial charge in [0.25, 0.3) is 0 Å². The zero-order valence-electron chi connectivity index (χ0n) is 17.4. The van der Waals surface area contributed by atoms with Crippen LogP contribution in [0.25, 0.3) is 0 Å². The van der Waals surface area contributed by atoms with E-state index in [-0.39, 0.29) is 6.42 Å². The Morgan fingerprint density at radius 1 is 0.966 bits per heavy atom. The summed E-state index contributed by atoms with van der Waals surface area (Å²) in [6, 6.07) is 3.99. The van der Waals surface area contributed by atoms with Crippen LogP contribution in [0, 0.1) is 0 Å². The van der Waals surface area contributed by atoms with E-state index in [9.17, 15) is 19.5 Å². The first-order valence-electron chi connectivity index (χ1n) is 8.96. The van der Waals surface area contributed by atoms with Crippen molar-refractivity contribution in [3.05, 3.63) is 32.7 Å². The maximum atomic E-state index is 12.7. The van der Waals surface area contributed by atoms with Gasteiger partial charge < -0.3 is 14.6 Å². The average molecular weight is 537 g/mol. The highest BCUT2D eigenvalue weighted by atomic mass is 79.9. The van der Waals surface area contributed by atoms with E-state index in [0.29, 0.717) is 5.56 Å². The molecular formula is C20H27Br2NO6. The molecule has 0 radical (unpaired) electrons. The molecule has 0 aliphatic carbocycles. The Morgan fingerprint density at radius 2 is 1.45 bits per heavy atom. The number of hydrogen-bond donors (Lipinski definition) is 1. The predicted molar refractivity (Wildman–Crippen MR) is 116 cm³/mol. The van der Waals surface area contributed by atoms with Gasteiger partial charge in [0.05, 0.1) is 0 Å². The van der Waals surface area contributed by atoms with Crippen LogP contribution in [0.1, 0.15) is 47.1 Å². The molecule has 29 heavy (non-hydrogen) atoms. The predicted octanol–water partition coefficient (Wildman–Crippen LogP) is 4.79. The van der Waals surface area contributed by atoms with Crippen LogP contribution in [-0.2, 0) is 25.5 Å². The number of ether oxygens (including phenoxy) is 2.